The van der Waals surface area contributed by atoms with E-state index in [4.69, 9.17) is 17.0 Å². The Bertz CT molecular complexity index is 1610. The van der Waals surface area contributed by atoms with Crippen molar-refractivity contribution >= 4 is 55.7 Å². The van der Waals surface area contributed by atoms with E-state index >= 15 is 0 Å². The quantitative estimate of drug-likeness (QED) is 0.406. The molecule has 3 aliphatic rings. The summed E-state index contributed by atoms with van der Waals surface area (Å²) in [6.07, 6.45) is -2.07. The van der Waals surface area contributed by atoms with Crippen LogP contribution in [0, 0.1) is 0 Å². The van der Waals surface area contributed by atoms with Crippen LogP contribution in [0.2, 0.25) is 0 Å². The standard InChI is InChI=1S/C26H26F3N5O3S3/c1-3-14-8-15(34-12-17-9-16(34)13-37-17)4-5-19(14)31-25-30-11-18(26(27,28)29)22(32-25)20-10-21-23(39-20)24(38)33(2)6-7-40(21,35)36/h4-5,8,10-11,16-17H,3,6-7,9,12-13H2,1-2H3,(H,30,31,32)/t16-,17-/m1/s1. The highest BCUT2D eigenvalue weighted by molar-refractivity contribution is 7.92. The van der Waals surface area contributed by atoms with E-state index in [0.717, 1.165) is 41.8 Å². The first-order valence-corrected chi connectivity index (χ1v) is 15.7. The number of aromatic nitrogens is 2. The number of halogens is 3. The zero-order valence-electron chi connectivity index (χ0n) is 21.7. The largest absolute Gasteiger partial charge is 0.420 e. The Morgan fingerprint density at radius 1 is 1.27 bits per heavy atom. The molecule has 0 saturated carbocycles. The molecule has 0 spiro atoms. The summed E-state index contributed by atoms with van der Waals surface area (Å²) >= 11 is 6.34. The number of rotatable bonds is 5. The highest BCUT2D eigenvalue weighted by Gasteiger charge is 2.40. The summed E-state index contributed by atoms with van der Waals surface area (Å²) in [5, 5.41) is 3.09. The lowest BCUT2D eigenvalue weighted by atomic mass is 10.1. The molecule has 8 nitrogen and oxygen atoms in total. The van der Waals surface area contributed by atoms with Gasteiger partial charge in [0.15, 0.2) is 9.84 Å². The fraction of sp³-hybridized carbons (Fsp3) is 0.423. The van der Waals surface area contributed by atoms with Gasteiger partial charge >= 0.3 is 6.18 Å². The van der Waals surface area contributed by atoms with Crippen LogP contribution in [0.25, 0.3) is 10.6 Å². The molecule has 1 N–H and O–H groups in total. The fourth-order valence-corrected chi connectivity index (χ4v) is 8.79. The lowest BCUT2D eigenvalue weighted by Gasteiger charge is -2.29. The van der Waals surface area contributed by atoms with Crippen LogP contribution in [-0.2, 0) is 27.2 Å². The number of benzene rings is 1. The normalized spacial score (nSPS) is 22.0. The molecule has 0 amide bonds. The van der Waals surface area contributed by atoms with Crippen molar-refractivity contribution in [2.45, 2.75) is 43.0 Å². The third-order valence-electron chi connectivity index (χ3n) is 7.55. The summed E-state index contributed by atoms with van der Waals surface area (Å²) in [6, 6.07) is 7.54. The van der Waals surface area contributed by atoms with Crippen LogP contribution in [0.4, 0.5) is 30.5 Å². The first-order valence-electron chi connectivity index (χ1n) is 12.8. The second-order valence-corrected chi connectivity index (χ2v) is 13.6. The number of morpholine rings is 1. The van der Waals surface area contributed by atoms with E-state index in [-0.39, 0.29) is 44.0 Å². The minimum atomic E-state index is -4.75. The van der Waals surface area contributed by atoms with Gasteiger partial charge in [0.25, 0.3) is 0 Å². The first-order chi connectivity index (χ1) is 18.9. The van der Waals surface area contributed by atoms with E-state index in [1.54, 1.807) is 11.9 Å². The molecule has 0 aliphatic carbocycles. The summed E-state index contributed by atoms with van der Waals surface area (Å²) < 4.78 is 73.6. The van der Waals surface area contributed by atoms with Crippen molar-refractivity contribution in [3.63, 3.8) is 0 Å². The molecule has 0 unspecified atom stereocenters. The van der Waals surface area contributed by atoms with E-state index in [1.165, 1.54) is 6.07 Å². The van der Waals surface area contributed by atoms with Gasteiger partial charge in [0.1, 0.15) is 10.6 Å². The Kier molecular flexibility index (Phi) is 6.79. The molecule has 3 aromatic rings. The Morgan fingerprint density at radius 2 is 2.08 bits per heavy atom. The number of nitrogens with one attached hydrogen (secondary N) is 1. The summed E-state index contributed by atoms with van der Waals surface area (Å²) in [7, 11) is -2.07. The van der Waals surface area contributed by atoms with E-state index in [9.17, 15) is 21.6 Å². The van der Waals surface area contributed by atoms with Gasteiger partial charge in [-0.25, -0.2) is 18.4 Å². The first kappa shape index (κ1) is 27.4. The van der Waals surface area contributed by atoms with Gasteiger partial charge in [-0.2, -0.15) is 13.2 Å². The van der Waals surface area contributed by atoms with Crippen LogP contribution in [0.5, 0.6) is 0 Å². The number of aryl methyl sites for hydroxylation is 1. The predicted molar refractivity (Wildman–Crippen MR) is 151 cm³/mol. The maximum atomic E-state index is 14.0. The lowest BCUT2D eigenvalue weighted by molar-refractivity contribution is -0.137. The molecule has 1 aromatic carbocycles. The Hall–Kier alpha value is -2.81. The zero-order chi connectivity index (χ0) is 28.4. The number of ether oxygens (including phenoxy) is 1. The molecule has 0 radical (unpaired) electrons. The van der Waals surface area contributed by atoms with Gasteiger partial charge in [0.2, 0.25) is 5.95 Å². The smallest absolute Gasteiger partial charge is 0.374 e. The van der Waals surface area contributed by atoms with Crippen LogP contribution in [0.3, 0.4) is 0 Å². The van der Waals surface area contributed by atoms with Gasteiger partial charge in [0, 0.05) is 37.7 Å². The van der Waals surface area contributed by atoms with Crippen molar-refractivity contribution in [1.29, 1.82) is 0 Å². The summed E-state index contributed by atoms with van der Waals surface area (Å²) in [5.41, 5.74) is 1.28. The number of sulfone groups is 1. The third kappa shape index (κ3) is 4.84. The third-order valence-corrected chi connectivity index (χ3v) is 11.2. The van der Waals surface area contributed by atoms with Gasteiger partial charge in [0.05, 0.1) is 44.8 Å². The van der Waals surface area contributed by atoms with Crippen molar-refractivity contribution in [3.05, 3.63) is 46.5 Å². The van der Waals surface area contributed by atoms with Crippen LogP contribution >= 0.6 is 23.6 Å². The molecular formula is C26H26F3N5O3S3. The molecule has 2 atom stereocenters. The maximum absolute atomic E-state index is 14.0. The predicted octanol–water partition coefficient (Wildman–Crippen LogP) is 4.90. The fourth-order valence-electron chi connectivity index (χ4n) is 5.36. The topological polar surface area (TPSA) is 87.7 Å². The van der Waals surface area contributed by atoms with Gasteiger partial charge in [-0.1, -0.05) is 19.1 Å². The van der Waals surface area contributed by atoms with Crippen LogP contribution in [-0.4, -0.2) is 72.9 Å². The number of fused-ring (bicyclic) bond motifs is 3. The van der Waals surface area contributed by atoms with Crippen LogP contribution in [0.1, 0.15) is 29.3 Å². The van der Waals surface area contributed by atoms with E-state index in [1.807, 2.05) is 19.1 Å². The van der Waals surface area contributed by atoms with Gasteiger partial charge in [-0.15, -0.1) is 11.3 Å². The molecular weight excluding hydrogens is 584 g/mol. The van der Waals surface area contributed by atoms with Crippen molar-refractivity contribution < 1.29 is 26.3 Å². The van der Waals surface area contributed by atoms with Gasteiger partial charge in [-0.3, -0.25) is 0 Å². The Balaban J connectivity index is 1.37. The number of nitrogens with zero attached hydrogens (tertiary/aromatic N) is 4. The summed E-state index contributed by atoms with van der Waals surface area (Å²) in [4.78, 5) is 12.7. The molecule has 5 heterocycles. The Labute approximate surface area is 239 Å². The second-order valence-electron chi connectivity index (χ2n) is 10.1. The zero-order valence-corrected chi connectivity index (χ0v) is 24.1. The van der Waals surface area contributed by atoms with Crippen molar-refractivity contribution in [3.8, 4) is 10.6 Å². The number of anilines is 3. The van der Waals surface area contributed by atoms with Crippen molar-refractivity contribution in [2.24, 2.45) is 0 Å². The molecule has 2 fully saturated rings. The molecule has 14 heteroatoms. The summed E-state index contributed by atoms with van der Waals surface area (Å²) in [5.74, 6) is -0.206. The minimum absolute atomic E-state index is 0.0229. The average Bonchev–Trinajstić information content (AvgIpc) is 3.66. The molecule has 212 valence electrons. The van der Waals surface area contributed by atoms with Crippen LogP contribution in [0.15, 0.2) is 35.4 Å². The van der Waals surface area contributed by atoms with E-state index in [2.05, 4.69) is 26.3 Å². The van der Waals surface area contributed by atoms with Gasteiger partial charge in [-0.05, 0) is 42.7 Å². The lowest BCUT2D eigenvalue weighted by Crippen LogP contribution is -2.36. The van der Waals surface area contributed by atoms with Crippen LogP contribution < -0.4 is 10.2 Å². The van der Waals surface area contributed by atoms with Crippen molar-refractivity contribution in [2.75, 3.05) is 42.7 Å². The number of thiocarbonyl (C=S) groups is 1. The second kappa shape index (κ2) is 9.93. The number of hydrogen-bond donors (Lipinski definition) is 1. The molecule has 2 bridgehead atoms. The van der Waals surface area contributed by atoms with E-state index < -0.39 is 27.3 Å². The number of hydrogen-bond acceptors (Lipinski definition) is 9. The average molecular weight is 610 g/mol. The highest BCUT2D eigenvalue weighted by atomic mass is 32.2. The molecule has 6 rings (SSSR count). The molecule has 2 aromatic heterocycles. The molecule has 2 saturated heterocycles. The molecule has 40 heavy (non-hydrogen) atoms. The van der Waals surface area contributed by atoms with Crippen molar-refractivity contribution in [1.82, 2.24) is 14.9 Å². The number of thiophene rings is 1. The molecule has 3 aliphatic heterocycles. The summed E-state index contributed by atoms with van der Waals surface area (Å²) in [6.45, 7) is 3.76. The van der Waals surface area contributed by atoms with E-state index in [0.29, 0.717) is 24.8 Å². The number of alkyl halides is 3. The van der Waals surface area contributed by atoms with Gasteiger partial charge < -0.3 is 19.9 Å². The SMILES string of the molecule is CCc1cc(N2C[C@H]3C[C@@H]2CO3)ccc1Nc1ncc(C(F)(F)F)c(-c2cc3c(s2)C(=S)N(C)CCS3(=O)=O)n1. The maximum Gasteiger partial charge on any atom is 0.420 e. The highest BCUT2D eigenvalue weighted by Crippen LogP contribution is 2.42. The Morgan fingerprint density at radius 3 is 2.75 bits per heavy atom. The monoisotopic (exact) mass is 609 g/mol. The minimum Gasteiger partial charge on any atom is -0.374 e.